The smallest absolute Gasteiger partial charge is 0.272 e. The number of hydrogen-bond acceptors (Lipinski definition) is 4. The highest BCUT2D eigenvalue weighted by Crippen LogP contribution is 2.24. The molecule has 0 atom stereocenters. The first-order valence-corrected chi connectivity index (χ1v) is 5.77. The van der Waals surface area contributed by atoms with E-state index in [1.165, 1.54) is 4.90 Å². The van der Waals surface area contributed by atoms with Gasteiger partial charge in [0.05, 0.1) is 12.5 Å². The summed E-state index contributed by atoms with van der Waals surface area (Å²) in [5, 5.41) is 26.9. The van der Waals surface area contributed by atoms with E-state index >= 15 is 0 Å². The maximum absolute atomic E-state index is 12.0. The Labute approximate surface area is 110 Å². The van der Waals surface area contributed by atoms with Crippen LogP contribution in [0.3, 0.4) is 0 Å². The van der Waals surface area contributed by atoms with Gasteiger partial charge >= 0.3 is 0 Å². The van der Waals surface area contributed by atoms with Gasteiger partial charge in [-0.05, 0) is 17.7 Å². The van der Waals surface area contributed by atoms with Crippen LogP contribution in [0.15, 0.2) is 35.6 Å². The predicted molar refractivity (Wildman–Crippen MR) is 68.0 cm³/mol. The maximum atomic E-state index is 12.0. The third-order valence-corrected chi connectivity index (χ3v) is 2.96. The van der Waals surface area contributed by atoms with Gasteiger partial charge in [-0.25, -0.2) is 0 Å². The Morgan fingerprint density at radius 3 is 2.53 bits per heavy atom. The molecule has 1 aliphatic rings. The van der Waals surface area contributed by atoms with Crippen LogP contribution < -0.4 is 4.90 Å². The summed E-state index contributed by atoms with van der Waals surface area (Å²) >= 11 is 0. The fourth-order valence-electron chi connectivity index (χ4n) is 1.95. The standard InChI is InChI=1S/C14H11N3O2/c15-7-5-10-1-3-11(4-2-10)17-8-6-13(18)12(9-16)14(17)19/h1-4,18H,5-6,8H2. The molecular formula is C14H11N3O2. The Morgan fingerprint density at radius 2 is 1.95 bits per heavy atom. The van der Waals surface area contributed by atoms with Gasteiger partial charge in [0.1, 0.15) is 11.8 Å². The van der Waals surface area contributed by atoms with Crippen molar-refractivity contribution in [2.24, 2.45) is 0 Å². The molecule has 0 radical (unpaired) electrons. The summed E-state index contributed by atoms with van der Waals surface area (Å²) in [7, 11) is 0. The molecule has 0 saturated heterocycles. The summed E-state index contributed by atoms with van der Waals surface area (Å²) < 4.78 is 0. The molecule has 1 aromatic rings. The van der Waals surface area contributed by atoms with Crippen molar-refractivity contribution in [1.82, 2.24) is 0 Å². The Balaban J connectivity index is 2.27. The van der Waals surface area contributed by atoms with E-state index < -0.39 is 5.91 Å². The number of hydrogen-bond donors (Lipinski definition) is 1. The largest absolute Gasteiger partial charge is 0.511 e. The van der Waals surface area contributed by atoms with Crippen LogP contribution in [-0.4, -0.2) is 17.6 Å². The first-order chi connectivity index (χ1) is 9.17. The number of nitrogens with zero attached hydrogens (tertiary/aromatic N) is 3. The third-order valence-electron chi connectivity index (χ3n) is 2.96. The van der Waals surface area contributed by atoms with Crippen molar-refractivity contribution in [3.63, 3.8) is 0 Å². The molecule has 1 aliphatic heterocycles. The quantitative estimate of drug-likeness (QED) is 0.870. The fourth-order valence-corrected chi connectivity index (χ4v) is 1.95. The van der Waals surface area contributed by atoms with Gasteiger partial charge in [0.15, 0.2) is 5.57 Å². The number of nitriles is 2. The molecule has 1 heterocycles. The van der Waals surface area contributed by atoms with E-state index in [1.807, 2.05) is 6.07 Å². The number of benzene rings is 1. The highest BCUT2D eigenvalue weighted by molar-refractivity contribution is 6.09. The Bertz CT molecular complexity index is 618. The molecule has 0 aromatic heterocycles. The highest BCUT2D eigenvalue weighted by atomic mass is 16.3. The monoisotopic (exact) mass is 253 g/mol. The maximum Gasteiger partial charge on any atom is 0.272 e. The molecular weight excluding hydrogens is 242 g/mol. The fraction of sp³-hybridized carbons (Fsp3) is 0.214. The first-order valence-electron chi connectivity index (χ1n) is 5.77. The Kier molecular flexibility index (Phi) is 3.49. The van der Waals surface area contributed by atoms with Crippen molar-refractivity contribution in [3.05, 3.63) is 41.2 Å². The number of carbonyl (C=O) groups is 1. The van der Waals surface area contributed by atoms with Crippen molar-refractivity contribution in [1.29, 1.82) is 10.5 Å². The van der Waals surface area contributed by atoms with Crippen molar-refractivity contribution in [2.75, 3.05) is 11.4 Å². The third kappa shape index (κ3) is 2.41. The van der Waals surface area contributed by atoms with Crippen molar-refractivity contribution in [2.45, 2.75) is 12.8 Å². The molecule has 0 bridgehead atoms. The van der Waals surface area contributed by atoms with Crippen LogP contribution in [0.2, 0.25) is 0 Å². The molecule has 1 aromatic carbocycles. The van der Waals surface area contributed by atoms with E-state index in [4.69, 9.17) is 10.5 Å². The lowest BCUT2D eigenvalue weighted by Gasteiger charge is -2.26. The molecule has 5 nitrogen and oxygen atoms in total. The van der Waals surface area contributed by atoms with Crippen molar-refractivity contribution in [3.8, 4) is 12.1 Å². The lowest BCUT2D eigenvalue weighted by Crippen LogP contribution is -2.37. The molecule has 2 rings (SSSR count). The van der Waals surface area contributed by atoms with Crippen molar-refractivity contribution >= 4 is 11.6 Å². The summed E-state index contributed by atoms with van der Waals surface area (Å²) in [4.78, 5) is 13.5. The van der Waals surface area contributed by atoms with Crippen LogP contribution in [0, 0.1) is 22.7 Å². The average molecular weight is 253 g/mol. The van der Waals surface area contributed by atoms with Crippen LogP contribution in [0.5, 0.6) is 0 Å². The van der Waals surface area contributed by atoms with Crippen LogP contribution >= 0.6 is 0 Å². The van der Waals surface area contributed by atoms with Gasteiger partial charge < -0.3 is 10.0 Å². The molecule has 0 unspecified atom stereocenters. The van der Waals surface area contributed by atoms with E-state index in [-0.39, 0.29) is 17.8 Å². The summed E-state index contributed by atoms with van der Waals surface area (Å²) in [6, 6.07) is 10.8. The Hall–Kier alpha value is -2.79. The lowest BCUT2D eigenvalue weighted by atomic mass is 10.1. The van der Waals surface area contributed by atoms with Gasteiger partial charge in [-0.15, -0.1) is 0 Å². The molecule has 0 spiro atoms. The minimum absolute atomic E-state index is 0.148. The summed E-state index contributed by atoms with van der Waals surface area (Å²) in [5.41, 5.74) is 1.33. The molecule has 0 saturated carbocycles. The lowest BCUT2D eigenvalue weighted by molar-refractivity contribution is -0.115. The number of aliphatic hydroxyl groups excluding tert-OH is 1. The van der Waals surface area contributed by atoms with Crippen LogP contribution in [0.25, 0.3) is 0 Å². The van der Waals surface area contributed by atoms with Gasteiger partial charge in [0.25, 0.3) is 5.91 Å². The number of aliphatic hydroxyl groups is 1. The molecule has 1 N–H and O–H groups in total. The first kappa shape index (κ1) is 12.7. The number of carbonyl (C=O) groups excluding carboxylic acids is 1. The van der Waals surface area contributed by atoms with E-state index in [9.17, 15) is 9.90 Å². The summed E-state index contributed by atoms with van der Waals surface area (Å²) in [5.74, 6) is -0.635. The topological polar surface area (TPSA) is 88.1 Å². The molecule has 1 amide bonds. The summed E-state index contributed by atoms with van der Waals surface area (Å²) in [6.07, 6.45) is 0.590. The molecule has 94 valence electrons. The average Bonchev–Trinajstić information content (AvgIpc) is 2.41. The minimum Gasteiger partial charge on any atom is -0.511 e. The van der Waals surface area contributed by atoms with Gasteiger partial charge in [-0.3, -0.25) is 4.79 Å². The van der Waals surface area contributed by atoms with Gasteiger partial charge in [0.2, 0.25) is 0 Å². The van der Waals surface area contributed by atoms with Gasteiger partial charge in [0, 0.05) is 18.7 Å². The highest BCUT2D eigenvalue weighted by Gasteiger charge is 2.28. The van der Waals surface area contributed by atoms with Crippen LogP contribution in [-0.2, 0) is 11.2 Å². The second-order valence-corrected chi connectivity index (χ2v) is 4.14. The number of amides is 1. The number of rotatable bonds is 2. The second-order valence-electron chi connectivity index (χ2n) is 4.14. The van der Waals surface area contributed by atoms with E-state index in [1.54, 1.807) is 30.3 Å². The van der Waals surface area contributed by atoms with E-state index in [2.05, 4.69) is 0 Å². The normalized spacial score (nSPS) is 15.1. The van der Waals surface area contributed by atoms with Crippen LogP contribution in [0.1, 0.15) is 12.0 Å². The van der Waals surface area contributed by atoms with Crippen LogP contribution in [0.4, 0.5) is 5.69 Å². The SMILES string of the molecule is N#CCc1ccc(N2CCC(O)=C(C#N)C2=O)cc1. The summed E-state index contributed by atoms with van der Waals surface area (Å²) in [6.45, 7) is 0.341. The zero-order valence-corrected chi connectivity index (χ0v) is 10.1. The second kappa shape index (κ2) is 5.24. The van der Waals surface area contributed by atoms with Gasteiger partial charge in [-0.2, -0.15) is 10.5 Å². The molecule has 0 aliphatic carbocycles. The molecule has 19 heavy (non-hydrogen) atoms. The molecule has 0 fully saturated rings. The Morgan fingerprint density at radius 1 is 1.26 bits per heavy atom. The molecule has 5 heteroatoms. The minimum atomic E-state index is -0.487. The number of anilines is 1. The zero-order chi connectivity index (χ0) is 13.8. The predicted octanol–water partition coefficient (Wildman–Crippen LogP) is 1.83. The van der Waals surface area contributed by atoms with Gasteiger partial charge in [-0.1, -0.05) is 12.1 Å². The zero-order valence-electron chi connectivity index (χ0n) is 10.1. The van der Waals surface area contributed by atoms with E-state index in [0.29, 0.717) is 18.7 Å². The van der Waals surface area contributed by atoms with Crippen molar-refractivity contribution < 1.29 is 9.90 Å². The van der Waals surface area contributed by atoms with E-state index in [0.717, 1.165) is 5.56 Å².